The molecule has 0 aromatic carbocycles. The molecular formula is C3H7NO. The van der Waals surface area contributed by atoms with E-state index in [-0.39, 0.29) is 0 Å². The van der Waals surface area contributed by atoms with Gasteiger partial charge in [0.15, 0.2) is 0 Å². The van der Waals surface area contributed by atoms with Gasteiger partial charge in [-0.1, -0.05) is 12.0 Å². The van der Waals surface area contributed by atoms with Crippen LogP contribution in [0.4, 0.5) is 0 Å². The average Bonchev–Trinajstić information content (AvgIpc) is 1.85. The molecule has 2 nitrogen and oxygen atoms in total. The van der Waals surface area contributed by atoms with E-state index in [4.69, 9.17) is 9.60 Å². The Labute approximate surface area is 41.0 Å². The number of rotatable bonds is 2. The molecular weight excluding hydrogens is 66.0 g/mol. The Morgan fingerprint density at radius 3 is 3.40 bits per heavy atom. The molecule has 0 bridgehead atoms. The molecule has 0 N–H and O–H groups in total. The summed E-state index contributed by atoms with van der Waals surface area (Å²) >= 11 is 0. The minimum atomic E-state index is -3.26. The maximum Gasteiger partial charge on any atom is 0.0808 e. The summed E-state index contributed by atoms with van der Waals surface area (Å²) in [6.07, 6.45) is -3.26. The molecule has 0 saturated carbocycles. The van der Waals surface area contributed by atoms with Gasteiger partial charge < -0.3 is 0 Å². The van der Waals surface area contributed by atoms with Crippen LogP contribution >= 0.6 is 0 Å². The lowest BCUT2D eigenvalue weighted by atomic mass is 10.5. The normalized spacial score (nSPS) is 36.4. The fraction of sp³-hybridized carbons (Fsp3) is 1.00. The van der Waals surface area contributed by atoms with Crippen molar-refractivity contribution < 1.29 is 9.60 Å². The molecule has 0 saturated heterocycles. The van der Waals surface area contributed by atoms with Crippen molar-refractivity contribution in [3.05, 3.63) is 4.91 Å². The molecule has 0 radical (unpaired) electrons. The standard InChI is InChI=1S/C3H7NO/c1-2-3-4-5/h2-3H2,1H3/i1D3,2D2,3D2. The van der Waals surface area contributed by atoms with Gasteiger partial charge in [-0.3, -0.25) is 0 Å². The molecule has 2 heteroatoms. The summed E-state index contributed by atoms with van der Waals surface area (Å²) in [5.41, 5.74) is 0. The summed E-state index contributed by atoms with van der Waals surface area (Å²) in [7, 11) is 0. The molecule has 0 fully saturated rings. The fourth-order valence-electron chi connectivity index (χ4n) is 0.0228. The van der Waals surface area contributed by atoms with Crippen LogP contribution in [0.25, 0.3) is 0 Å². The Hall–Kier alpha value is -0.400. The van der Waals surface area contributed by atoms with E-state index in [2.05, 4.69) is 0 Å². The number of hydrogen-bond acceptors (Lipinski definition) is 2. The molecule has 0 amide bonds. The highest BCUT2D eigenvalue weighted by atomic mass is 16.3. The fourth-order valence-corrected chi connectivity index (χ4v) is 0.0228. The third-order valence-electron chi connectivity index (χ3n) is 0.102. The second-order valence-corrected chi connectivity index (χ2v) is 0.328. The lowest BCUT2D eigenvalue weighted by molar-refractivity contribution is 0.925. The van der Waals surface area contributed by atoms with Crippen LogP contribution in [0.5, 0.6) is 0 Å². The molecule has 0 aromatic rings. The van der Waals surface area contributed by atoms with Crippen LogP contribution in [-0.2, 0) is 0 Å². The summed E-state index contributed by atoms with van der Waals surface area (Å²) in [6, 6.07) is 0. The van der Waals surface area contributed by atoms with Crippen LogP contribution in [-0.4, -0.2) is 6.50 Å². The first-order valence-electron chi connectivity index (χ1n) is 4.41. The van der Waals surface area contributed by atoms with Gasteiger partial charge in [-0.15, -0.1) is 0 Å². The van der Waals surface area contributed by atoms with E-state index >= 15 is 0 Å². The Balaban J connectivity index is 4.97. The van der Waals surface area contributed by atoms with Crippen molar-refractivity contribution >= 4 is 0 Å². The Kier molecular flexibility index (Phi) is 0.382. The summed E-state index contributed by atoms with van der Waals surface area (Å²) in [5, 5.41) is 1.81. The molecule has 0 aromatic heterocycles. The van der Waals surface area contributed by atoms with Gasteiger partial charge >= 0.3 is 0 Å². The third-order valence-corrected chi connectivity index (χ3v) is 0.102. The zero-order valence-corrected chi connectivity index (χ0v) is 2.36. The summed E-state index contributed by atoms with van der Waals surface area (Å²) in [5.74, 6) is 0. The lowest BCUT2D eigenvalue weighted by Crippen LogP contribution is -1.65. The van der Waals surface area contributed by atoms with Crippen LogP contribution in [0.3, 0.4) is 0 Å². The zero-order valence-electron chi connectivity index (χ0n) is 9.36. The SMILES string of the molecule is [2H]C([2H])([2H])C([2H])([2H])C([2H])([2H])N=O. The lowest BCUT2D eigenvalue weighted by Gasteiger charge is -1.68. The van der Waals surface area contributed by atoms with E-state index in [1.165, 1.54) is 0 Å². The largest absolute Gasteiger partial charge is 0.151 e. The minimum Gasteiger partial charge on any atom is -0.151 e. The molecule has 0 heterocycles. The number of nitroso groups, excluding NO2 is 1. The summed E-state index contributed by atoms with van der Waals surface area (Å²) < 4.78 is 46.8. The first-order chi connectivity index (χ1) is 5.06. The molecule has 0 unspecified atom stereocenters. The Morgan fingerprint density at radius 1 is 2.40 bits per heavy atom. The first-order valence-corrected chi connectivity index (χ1v) is 0.906. The molecule has 0 spiro atoms. The molecule has 30 valence electrons. The quantitative estimate of drug-likeness (QED) is 0.458. The van der Waals surface area contributed by atoms with Gasteiger partial charge in [-0.25, -0.2) is 0 Å². The van der Waals surface area contributed by atoms with Crippen molar-refractivity contribution in [1.29, 1.82) is 0 Å². The van der Waals surface area contributed by atoms with Crippen molar-refractivity contribution in [2.75, 3.05) is 6.50 Å². The predicted octanol–water partition coefficient (Wildman–Crippen LogP) is 1.16. The van der Waals surface area contributed by atoms with Gasteiger partial charge in [0.1, 0.15) is 0 Å². The highest BCUT2D eigenvalue weighted by Crippen LogP contribution is 1.71. The van der Waals surface area contributed by atoms with Crippen LogP contribution in [0.2, 0.25) is 0 Å². The van der Waals surface area contributed by atoms with Crippen LogP contribution in [0.1, 0.15) is 22.8 Å². The first kappa shape index (κ1) is 0.531. The van der Waals surface area contributed by atoms with Crippen molar-refractivity contribution in [1.82, 2.24) is 0 Å². The van der Waals surface area contributed by atoms with Crippen molar-refractivity contribution in [3.8, 4) is 0 Å². The highest BCUT2D eigenvalue weighted by molar-refractivity contribution is 4.30. The van der Waals surface area contributed by atoms with Crippen molar-refractivity contribution in [2.45, 2.75) is 13.2 Å². The summed E-state index contributed by atoms with van der Waals surface area (Å²) in [6.45, 7) is -6.44. The van der Waals surface area contributed by atoms with E-state index in [9.17, 15) is 4.91 Å². The van der Waals surface area contributed by atoms with Crippen LogP contribution in [0, 0.1) is 4.91 Å². The second-order valence-electron chi connectivity index (χ2n) is 0.328. The Morgan fingerprint density at radius 2 is 3.20 bits per heavy atom. The van der Waals surface area contributed by atoms with E-state index in [1.54, 1.807) is 5.18 Å². The van der Waals surface area contributed by atoms with Crippen LogP contribution < -0.4 is 0 Å². The molecule has 0 aliphatic heterocycles. The Bertz CT molecular complexity index is 184. The number of nitrogens with zero attached hydrogens (tertiary/aromatic N) is 1. The number of hydrogen-bond donors (Lipinski definition) is 0. The van der Waals surface area contributed by atoms with Gasteiger partial charge in [0.05, 0.1) is 9.24 Å². The summed E-state index contributed by atoms with van der Waals surface area (Å²) in [4.78, 5) is 9.80. The molecule has 5 heavy (non-hydrogen) atoms. The predicted molar refractivity (Wildman–Crippen MR) is 21.0 cm³/mol. The molecule has 0 rings (SSSR count). The second kappa shape index (κ2) is 3.60. The van der Waals surface area contributed by atoms with Gasteiger partial charge in [-0.2, -0.15) is 4.91 Å². The van der Waals surface area contributed by atoms with E-state index in [1.807, 2.05) is 0 Å². The molecule has 0 atom stereocenters. The maximum absolute atomic E-state index is 9.80. The third kappa shape index (κ3) is 3.60. The van der Waals surface area contributed by atoms with Crippen molar-refractivity contribution in [2.24, 2.45) is 5.18 Å². The van der Waals surface area contributed by atoms with Gasteiger partial charge in [0.2, 0.25) is 0 Å². The van der Waals surface area contributed by atoms with Gasteiger partial charge in [0.25, 0.3) is 0 Å². The maximum atomic E-state index is 9.80. The van der Waals surface area contributed by atoms with Gasteiger partial charge in [0, 0.05) is 6.85 Å². The highest BCUT2D eigenvalue weighted by Gasteiger charge is 1.66. The smallest absolute Gasteiger partial charge is 0.0808 e. The van der Waals surface area contributed by atoms with Crippen LogP contribution in [0.15, 0.2) is 5.18 Å². The topological polar surface area (TPSA) is 29.4 Å². The van der Waals surface area contributed by atoms with E-state index < -0.39 is 19.7 Å². The van der Waals surface area contributed by atoms with Crippen molar-refractivity contribution in [3.63, 3.8) is 0 Å². The van der Waals surface area contributed by atoms with E-state index in [0.29, 0.717) is 0 Å². The zero-order chi connectivity index (χ0) is 10.2. The average molecular weight is 80.1 g/mol. The van der Waals surface area contributed by atoms with E-state index in [0.717, 1.165) is 0 Å². The van der Waals surface area contributed by atoms with Gasteiger partial charge in [-0.05, 0) is 6.37 Å². The molecule has 0 aliphatic rings. The monoisotopic (exact) mass is 80.1 g/mol. The minimum absolute atomic E-state index is 1.81. The molecule has 0 aliphatic carbocycles.